The number of benzene rings is 2. The number of nitrogens with zero attached hydrogens (tertiary/aromatic N) is 3. The Labute approximate surface area is 188 Å². The van der Waals surface area contributed by atoms with Crippen LogP contribution in [0.5, 0.6) is 11.5 Å². The molecule has 0 aliphatic carbocycles. The van der Waals surface area contributed by atoms with E-state index in [1.807, 2.05) is 44.2 Å². The average Bonchev–Trinajstić information content (AvgIpc) is 3.19. The van der Waals surface area contributed by atoms with Crippen LogP contribution in [0, 0.1) is 6.92 Å². The monoisotopic (exact) mass is 450 g/mol. The van der Waals surface area contributed by atoms with Crippen LogP contribution in [0.4, 0.5) is 5.69 Å². The smallest absolute Gasteiger partial charge is 0.294 e. The van der Waals surface area contributed by atoms with E-state index in [2.05, 4.69) is 15.4 Å². The number of carbonyl (C=O) groups excluding carboxylic acids is 1. The van der Waals surface area contributed by atoms with Crippen molar-refractivity contribution in [3.63, 3.8) is 0 Å². The van der Waals surface area contributed by atoms with E-state index in [-0.39, 0.29) is 6.54 Å². The molecule has 0 bridgehead atoms. The lowest BCUT2D eigenvalue weighted by atomic mass is 10.1. The minimum atomic E-state index is -0.408. The predicted octanol–water partition coefficient (Wildman–Crippen LogP) is 3.87. The van der Waals surface area contributed by atoms with Crippen LogP contribution in [0.2, 0.25) is 0 Å². The quantitative estimate of drug-likeness (QED) is 0.459. The average molecular weight is 451 g/mol. The minimum Gasteiger partial charge on any atom is -0.497 e. The fourth-order valence-electron chi connectivity index (χ4n) is 3.29. The molecule has 0 fully saturated rings. The van der Waals surface area contributed by atoms with E-state index in [1.165, 1.54) is 11.3 Å². The topological polar surface area (TPSA) is 95.3 Å². The number of fused-ring (bicyclic) bond motifs is 1. The molecule has 164 valence electrons. The van der Waals surface area contributed by atoms with Crippen LogP contribution in [0.3, 0.4) is 0 Å². The molecular formula is C23H22N4O4S. The number of aryl methyl sites for hydroxylation is 1. The maximum atomic E-state index is 13.0. The van der Waals surface area contributed by atoms with Crippen molar-refractivity contribution in [1.29, 1.82) is 0 Å². The second kappa shape index (κ2) is 9.19. The molecule has 4 aromatic rings. The van der Waals surface area contributed by atoms with E-state index in [0.29, 0.717) is 39.7 Å². The van der Waals surface area contributed by atoms with Gasteiger partial charge < -0.3 is 14.8 Å². The summed E-state index contributed by atoms with van der Waals surface area (Å²) >= 11 is 1.40. The van der Waals surface area contributed by atoms with Gasteiger partial charge in [0, 0.05) is 5.56 Å². The normalized spacial score (nSPS) is 10.8. The molecule has 2 aromatic carbocycles. The number of amides is 1. The summed E-state index contributed by atoms with van der Waals surface area (Å²) in [5.74, 6) is 0.887. The summed E-state index contributed by atoms with van der Waals surface area (Å²) in [7, 11) is 1.60. The molecule has 0 atom stereocenters. The summed E-state index contributed by atoms with van der Waals surface area (Å²) in [5, 5.41) is 8.07. The number of hydrogen-bond acceptors (Lipinski definition) is 7. The Morgan fingerprint density at radius 1 is 1.16 bits per heavy atom. The van der Waals surface area contributed by atoms with Crippen molar-refractivity contribution in [2.75, 3.05) is 19.0 Å². The van der Waals surface area contributed by atoms with Gasteiger partial charge in [0.2, 0.25) is 5.91 Å². The zero-order chi connectivity index (χ0) is 22.7. The van der Waals surface area contributed by atoms with Crippen molar-refractivity contribution >= 4 is 33.1 Å². The summed E-state index contributed by atoms with van der Waals surface area (Å²) in [4.78, 5) is 30.2. The van der Waals surface area contributed by atoms with Gasteiger partial charge in [0.1, 0.15) is 23.7 Å². The second-order valence-corrected chi connectivity index (χ2v) is 8.13. The van der Waals surface area contributed by atoms with Crippen molar-refractivity contribution in [1.82, 2.24) is 14.8 Å². The Morgan fingerprint density at radius 2 is 1.91 bits per heavy atom. The number of rotatable bonds is 7. The lowest BCUT2D eigenvalue weighted by Gasteiger charge is -2.12. The fraction of sp³-hybridized carbons (Fsp3) is 0.217. The van der Waals surface area contributed by atoms with Crippen molar-refractivity contribution in [2.24, 2.45) is 0 Å². The van der Waals surface area contributed by atoms with Crippen LogP contribution >= 0.6 is 11.3 Å². The van der Waals surface area contributed by atoms with Crippen LogP contribution in [0.15, 0.2) is 53.3 Å². The summed E-state index contributed by atoms with van der Waals surface area (Å²) in [5.41, 5.74) is 1.82. The molecule has 0 saturated heterocycles. The summed E-state index contributed by atoms with van der Waals surface area (Å²) < 4.78 is 12.6. The summed E-state index contributed by atoms with van der Waals surface area (Å²) in [6, 6.07) is 14.5. The second-order valence-electron chi connectivity index (χ2n) is 6.93. The number of methoxy groups -OCH3 is 1. The number of nitrogens with one attached hydrogen (secondary N) is 1. The van der Waals surface area contributed by atoms with E-state index in [9.17, 15) is 9.59 Å². The largest absolute Gasteiger partial charge is 0.497 e. The Hall–Kier alpha value is -3.72. The highest BCUT2D eigenvalue weighted by molar-refractivity contribution is 7.19. The number of hydrogen-bond donors (Lipinski definition) is 1. The van der Waals surface area contributed by atoms with Gasteiger partial charge in [-0.3, -0.25) is 9.59 Å². The maximum absolute atomic E-state index is 13.0. The Kier molecular flexibility index (Phi) is 6.18. The van der Waals surface area contributed by atoms with Gasteiger partial charge in [-0.05, 0) is 50.2 Å². The standard InChI is InChI=1S/C23H22N4O4S/c1-4-31-18-8-6-5-7-17(18)25-19(28)13-27-23(29)21-22(32-14(2)24-21)20(26-27)15-9-11-16(30-3)12-10-15/h5-12H,4,13H2,1-3H3,(H,25,28). The number of para-hydroxylation sites is 2. The Bertz CT molecular complexity index is 1330. The number of anilines is 1. The van der Waals surface area contributed by atoms with Crippen LogP contribution < -0.4 is 20.3 Å². The van der Waals surface area contributed by atoms with Gasteiger partial charge in [0.25, 0.3) is 5.56 Å². The highest BCUT2D eigenvalue weighted by Crippen LogP contribution is 2.30. The Morgan fingerprint density at radius 3 is 2.62 bits per heavy atom. The minimum absolute atomic E-state index is 0.255. The Balaban J connectivity index is 1.70. The molecular weight excluding hydrogens is 428 g/mol. The molecule has 0 saturated carbocycles. The number of aromatic nitrogens is 3. The van der Waals surface area contributed by atoms with Gasteiger partial charge in [-0.25, -0.2) is 9.67 Å². The lowest BCUT2D eigenvalue weighted by Crippen LogP contribution is -2.30. The molecule has 4 rings (SSSR count). The third-order valence-corrected chi connectivity index (χ3v) is 5.70. The zero-order valence-electron chi connectivity index (χ0n) is 17.9. The molecule has 9 heteroatoms. The first-order valence-electron chi connectivity index (χ1n) is 10.0. The summed E-state index contributed by atoms with van der Waals surface area (Å²) in [6.07, 6.45) is 0. The van der Waals surface area contributed by atoms with E-state index < -0.39 is 11.5 Å². The maximum Gasteiger partial charge on any atom is 0.294 e. The van der Waals surface area contributed by atoms with Crippen LogP contribution in [0.1, 0.15) is 11.9 Å². The molecule has 0 spiro atoms. The van der Waals surface area contributed by atoms with Gasteiger partial charge in [-0.15, -0.1) is 11.3 Å². The molecule has 2 aromatic heterocycles. The van der Waals surface area contributed by atoms with Crippen molar-refractivity contribution in [3.05, 3.63) is 63.9 Å². The number of carbonyl (C=O) groups is 1. The van der Waals surface area contributed by atoms with Gasteiger partial charge in [0.05, 0.1) is 29.1 Å². The van der Waals surface area contributed by atoms with Crippen molar-refractivity contribution in [3.8, 4) is 22.8 Å². The van der Waals surface area contributed by atoms with E-state index in [4.69, 9.17) is 9.47 Å². The molecule has 2 heterocycles. The molecule has 1 N–H and O–H groups in total. The highest BCUT2D eigenvalue weighted by atomic mass is 32.1. The molecule has 0 aliphatic rings. The zero-order valence-corrected chi connectivity index (χ0v) is 18.7. The predicted molar refractivity (Wildman–Crippen MR) is 125 cm³/mol. The van der Waals surface area contributed by atoms with Crippen LogP contribution in [0.25, 0.3) is 21.5 Å². The van der Waals surface area contributed by atoms with Gasteiger partial charge in [0.15, 0.2) is 5.52 Å². The first-order valence-corrected chi connectivity index (χ1v) is 10.9. The molecule has 0 unspecified atom stereocenters. The summed E-state index contributed by atoms with van der Waals surface area (Å²) in [6.45, 7) is 3.92. The first kappa shape index (κ1) is 21.5. The number of ether oxygens (including phenoxy) is 2. The van der Waals surface area contributed by atoms with Crippen LogP contribution in [-0.2, 0) is 11.3 Å². The molecule has 32 heavy (non-hydrogen) atoms. The number of thiazole rings is 1. The molecule has 8 nitrogen and oxygen atoms in total. The van der Waals surface area contributed by atoms with Crippen molar-refractivity contribution in [2.45, 2.75) is 20.4 Å². The molecule has 0 radical (unpaired) electrons. The lowest BCUT2D eigenvalue weighted by molar-refractivity contribution is -0.117. The van der Waals surface area contributed by atoms with Crippen LogP contribution in [-0.4, -0.2) is 34.4 Å². The first-order chi connectivity index (χ1) is 15.5. The molecule has 0 aliphatic heterocycles. The molecule has 1 amide bonds. The van der Waals surface area contributed by atoms with E-state index in [0.717, 1.165) is 15.3 Å². The van der Waals surface area contributed by atoms with E-state index in [1.54, 1.807) is 25.3 Å². The van der Waals surface area contributed by atoms with Gasteiger partial charge in [-0.1, -0.05) is 12.1 Å². The fourth-order valence-corrected chi connectivity index (χ4v) is 4.21. The van der Waals surface area contributed by atoms with Crippen molar-refractivity contribution < 1.29 is 14.3 Å². The van der Waals surface area contributed by atoms with E-state index >= 15 is 0 Å². The van der Waals surface area contributed by atoms with Gasteiger partial charge in [-0.2, -0.15) is 5.10 Å². The van der Waals surface area contributed by atoms with Gasteiger partial charge >= 0.3 is 0 Å². The SMILES string of the molecule is CCOc1ccccc1NC(=O)Cn1nc(-c2ccc(OC)cc2)c2sc(C)nc2c1=O. The highest BCUT2D eigenvalue weighted by Gasteiger charge is 2.18. The third kappa shape index (κ3) is 4.33. The third-order valence-electron chi connectivity index (χ3n) is 4.72.